The van der Waals surface area contributed by atoms with Crippen LogP contribution in [0.2, 0.25) is 0 Å². The molecule has 0 aliphatic carbocycles. The first-order valence-corrected chi connectivity index (χ1v) is 7.79. The molecule has 1 spiro atoms. The van der Waals surface area contributed by atoms with Gasteiger partial charge in [-0.2, -0.15) is 0 Å². The lowest BCUT2D eigenvalue weighted by molar-refractivity contribution is -0.123. The molecule has 0 bridgehead atoms. The van der Waals surface area contributed by atoms with E-state index >= 15 is 0 Å². The Morgan fingerprint density at radius 1 is 1.36 bits per heavy atom. The maximum Gasteiger partial charge on any atom is 0.256 e. The molecule has 3 heterocycles. The minimum Gasteiger partial charge on any atom is -0.378 e. The number of fused-ring (bicyclic) bond motifs is 2. The first kappa shape index (κ1) is 14.1. The van der Waals surface area contributed by atoms with Gasteiger partial charge in [-0.15, -0.1) is 0 Å². The van der Waals surface area contributed by atoms with Crippen molar-refractivity contribution >= 4 is 5.91 Å². The maximum absolute atomic E-state index is 13.9. The predicted molar refractivity (Wildman–Crippen MR) is 79.2 cm³/mol. The minimum atomic E-state index is -0.449. The van der Waals surface area contributed by atoms with Crippen LogP contribution >= 0.6 is 0 Å². The van der Waals surface area contributed by atoms with Crippen molar-refractivity contribution in [2.75, 3.05) is 45.9 Å². The van der Waals surface area contributed by atoms with Crippen LogP contribution in [0.4, 0.5) is 4.39 Å². The van der Waals surface area contributed by atoms with E-state index in [-0.39, 0.29) is 23.1 Å². The molecule has 1 unspecified atom stereocenters. The van der Waals surface area contributed by atoms with Crippen LogP contribution < -0.4 is 5.32 Å². The largest absolute Gasteiger partial charge is 0.378 e. The van der Waals surface area contributed by atoms with Gasteiger partial charge in [0, 0.05) is 32.7 Å². The number of hydrogen-bond donors (Lipinski definition) is 1. The average Bonchev–Trinajstić information content (AvgIpc) is 2.52. The van der Waals surface area contributed by atoms with Crippen molar-refractivity contribution in [3.63, 3.8) is 0 Å². The number of halogens is 1. The Labute approximate surface area is 129 Å². The second-order valence-electron chi connectivity index (χ2n) is 6.42. The van der Waals surface area contributed by atoms with Crippen molar-refractivity contribution in [3.8, 4) is 0 Å². The van der Waals surface area contributed by atoms with Crippen LogP contribution in [0.15, 0.2) is 24.3 Å². The fourth-order valence-electron chi connectivity index (χ4n) is 3.88. The fourth-order valence-corrected chi connectivity index (χ4v) is 3.88. The number of benzene rings is 1. The van der Waals surface area contributed by atoms with Gasteiger partial charge in [0.25, 0.3) is 5.91 Å². The Bertz CT molecular complexity index is 591. The van der Waals surface area contributed by atoms with Gasteiger partial charge in [-0.05, 0) is 12.1 Å². The Morgan fingerprint density at radius 2 is 2.18 bits per heavy atom. The Balaban J connectivity index is 1.60. The number of amides is 1. The third-order valence-electron chi connectivity index (χ3n) is 5.05. The van der Waals surface area contributed by atoms with Gasteiger partial charge < -0.3 is 15.0 Å². The molecule has 1 amide bonds. The third kappa shape index (κ3) is 2.14. The summed E-state index contributed by atoms with van der Waals surface area (Å²) in [6, 6.07) is 6.43. The van der Waals surface area contributed by atoms with Crippen LogP contribution in [0, 0.1) is 5.82 Å². The Kier molecular flexibility index (Phi) is 3.40. The summed E-state index contributed by atoms with van der Waals surface area (Å²) >= 11 is 0. The molecular weight excluding hydrogens is 285 g/mol. The number of nitrogens with one attached hydrogen (secondary N) is 1. The van der Waals surface area contributed by atoms with Gasteiger partial charge in [0.15, 0.2) is 0 Å². The molecule has 3 aliphatic rings. The molecule has 1 aromatic carbocycles. The third-order valence-corrected chi connectivity index (χ3v) is 5.05. The van der Waals surface area contributed by atoms with Gasteiger partial charge in [0.2, 0.25) is 0 Å². The molecule has 22 heavy (non-hydrogen) atoms. The number of carbonyl (C=O) groups excluding carboxylic acids is 1. The molecule has 6 heteroatoms. The van der Waals surface area contributed by atoms with E-state index in [9.17, 15) is 9.18 Å². The summed E-state index contributed by atoms with van der Waals surface area (Å²) in [6.45, 7) is 5.32. The van der Waals surface area contributed by atoms with Crippen LogP contribution in [0.25, 0.3) is 0 Å². The highest BCUT2D eigenvalue weighted by Crippen LogP contribution is 2.31. The van der Waals surface area contributed by atoms with Gasteiger partial charge in [-0.25, -0.2) is 4.39 Å². The van der Waals surface area contributed by atoms with E-state index in [0.717, 1.165) is 26.2 Å². The zero-order valence-electron chi connectivity index (χ0n) is 12.4. The van der Waals surface area contributed by atoms with E-state index in [1.807, 2.05) is 0 Å². The van der Waals surface area contributed by atoms with Gasteiger partial charge >= 0.3 is 0 Å². The van der Waals surface area contributed by atoms with Crippen LogP contribution in [0.3, 0.4) is 0 Å². The SMILES string of the molecule is O=C(c1ccccc1F)N1CC2COCCN2C2(CNC2)C1. The van der Waals surface area contributed by atoms with Crippen molar-refractivity contribution in [1.82, 2.24) is 15.1 Å². The van der Waals surface area contributed by atoms with Crippen LogP contribution in [0.1, 0.15) is 10.4 Å². The van der Waals surface area contributed by atoms with Crippen LogP contribution in [0.5, 0.6) is 0 Å². The highest BCUT2D eigenvalue weighted by Gasteiger charge is 2.51. The molecule has 5 nitrogen and oxygen atoms in total. The molecule has 3 fully saturated rings. The monoisotopic (exact) mass is 305 g/mol. The summed E-state index contributed by atoms with van der Waals surface area (Å²) in [4.78, 5) is 17.0. The normalized spacial score (nSPS) is 27.3. The van der Waals surface area contributed by atoms with Crippen molar-refractivity contribution in [3.05, 3.63) is 35.6 Å². The predicted octanol–water partition coefficient (Wildman–Crippen LogP) is 0.324. The number of nitrogens with zero attached hydrogens (tertiary/aromatic N) is 2. The lowest BCUT2D eigenvalue weighted by atomic mass is 9.84. The summed E-state index contributed by atoms with van der Waals surface area (Å²) in [7, 11) is 0. The van der Waals surface area contributed by atoms with Gasteiger partial charge in [-0.3, -0.25) is 9.69 Å². The first-order valence-electron chi connectivity index (χ1n) is 7.79. The lowest BCUT2D eigenvalue weighted by Crippen LogP contribution is -2.80. The number of carbonyl (C=O) groups is 1. The van der Waals surface area contributed by atoms with Crippen molar-refractivity contribution in [2.24, 2.45) is 0 Å². The van der Waals surface area contributed by atoms with Crippen LogP contribution in [-0.4, -0.2) is 73.2 Å². The summed E-state index contributed by atoms with van der Waals surface area (Å²) in [6.07, 6.45) is 0. The van der Waals surface area contributed by atoms with Crippen molar-refractivity contribution < 1.29 is 13.9 Å². The Morgan fingerprint density at radius 3 is 2.91 bits per heavy atom. The van der Waals surface area contributed by atoms with E-state index in [1.165, 1.54) is 6.07 Å². The molecule has 4 rings (SSSR count). The van der Waals surface area contributed by atoms with Gasteiger partial charge in [0.1, 0.15) is 5.82 Å². The summed E-state index contributed by atoms with van der Waals surface area (Å²) in [5, 5.41) is 3.32. The van der Waals surface area contributed by atoms with E-state index in [0.29, 0.717) is 19.7 Å². The highest BCUT2D eigenvalue weighted by molar-refractivity contribution is 5.94. The van der Waals surface area contributed by atoms with Crippen molar-refractivity contribution in [2.45, 2.75) is 11.6 Å². The zero-order chi connectivity index (χ0) is 15.2. The van der Waals surface area contributed by atoms with Crippen LogP contribution in [-0.2, 0) is 4.74 Å². The number of morpholine rings is 1. The lowest BCUT2D eigenvalue weighted by Gasteiger charge is -2.60. The average molecular weight is 305 g/mol. The molecule has 1 aromatic rings. The van der Waals surface area contributed by atoms with Gasteiger partial charge in [-0.1, -0.05) is 12.1 Å². The number of ether oxygens (including phenoxy) is 1. The molecule has 1 atom stereocenters. The molecule has 0 radical (unpaired) electrons. The smallest absolute Gasteiger partial charge is 0.256 e. The molecule has 3 saturated heterocycles. The summed E-state index contributed by atoms with van der Waals surface area (Å²) < 4.78 is 19.5. The molecule has 1 N–H and O–H groups in total. The number of piperazine rings is 1. The topological polar surface area (TPSA) is 44.8 Å². The molecule has 118 valence electrons. The highest BCUT2D eigenvalue weighted by atomic mass is 19.1. The van der Waals surface area contributed by atoms with E-state index in [2.05, 4.69) is 10.2 Å². The van der Waals surface area contributed by atoms with E-state index < -0.39 is 5.82 Å². The van der Waals surface area contributed by atoms with E-state index in [1.54, 1.807) is 23.1 Å². The van der Waals surface area contributed by atoms with Crippen molar-refractivity contribution in [1.29, 1.82) is 0 Å². The second-order valence-corrected chi connectivity index (χ2v) is 6.42. The maximum atomic E-state index is 13.9. The molecule has 0 saturated carbocycles. The quantitative estimate of drug-likeness (QED) is 0.812. The minimum absolute atomic E-state index is 0.00634. The summed E-state index contributed by atoms with van der Waals surface area (Å²) in [5.41, 5.74) is 0.156. The van der Waals surface area contributed by atoms with Gasteiger partial charge in [0.05, 0.1) is 30.4 Å². The second kappa shape index (κ2) is 5.30. The molecule has 0 aromatic heterocycles. The number of rotatable bonds is 1. The Hall–Kier alpha value is -1.50. The number of hydrogen-bond acceptors (Lipinski definition) is 4. The van der Waals surface area contributed by atoms with E-state index in [4.69, 9.17) is 4.74 Å². The summed E-state index contributed by atoms with van der Waals surface area (Å²) in [5.74, 6) is -0.662. The standard InChI is InChI=1S/C16H20FN3O2/c17-14-4-2-1-3-13(14)15(21)19-7-12-8-22-6-5-20(12)16(11-19)9-18-10-16/h1-4,12,18H,5-11H2. The molecular formula is C16H20FN3O2. The molecule has 3 aliphatic heterocycles. The zero-order valence-corrected chi connectivity index (χ0v) is 12.4. The first-order chi connectivity index (χ1) is 10.7. The fraction of sp³-hybridized carbons (Fsp3) is 0.562.